The second-order valence-corrected chi connectivity index (χ2v) is 4.61. The van der Waals surface area contributed by atoms with Crippen LogP contribution < -0.4 is 44.6 Å². The Labute approximate surface area is 119 Å². The quantitative estimate of drug-likeness (QED) is 0.232. The number of nitrogens with two attached hydrogens (primary N) is 4. The van der Waals surface area contributed by atoms with Gasteiger partial charge in [0.15, 0.2) is 0 Å². The first kappa shape index (κ1) is 13.4. The van der Waals surface area contributed by atoms with Gasteiger partial charge in [0.1, 0.15) is 33.8 Å². The molecule has 112 valence electrons. The molecular formula is C12H9N5O5. The molecule has 10 nitrogen and oxygen atoms in total. The molecule has 9 N–H and O–H groups in total. The first-order valence-corrected chi connectivity index (χ1v) is 5.88. The molecule has 3 aromatic rings. The van der Waals surface area contributed by atoms with Crippen LogP contribution in [0.2, 0.25) is 0 Å². The molecule has 10 heteroatoms. The van der Waals surface area contributed by atoms with Crippen molar-refractivity contribution in [3.05, 3.63) is 40.9 Å². The minimum absolute atomic E-state index is 0.384. The number of hydrogen-bond acceptors (Lipinski definition) is 9. The van der Waals surface area contributed by atoms with Crippen molar-refractivity contribution in [3.63, 3.8) is 0 Å². The number of nitrogen functional groups attached to an aromatic ring is 4. The van der Waals surface area contributed by atoms with Gasteiger partial charge in [-0.2, -0.15) is 0 Å². The van der Waals surface area contributed by atoms with Crippen LogP contribution in [0, 0.1) is 0 Å². The zero-order valence-electron chi connectivity index (χ0n) is 10.9. The van der Waals surface area contributed by atoms with Crippen LogP contribution in [-0.4, -0.2) is 4.98 Å². The summed E-state index contributed by atoms with van der Waals surface area (Å²) in [6.07, 6.45) is 0. The summed E-state index contributed by atoms with van der Waals surface area (Å²) in [5.41, 5.74) is 14.5. The van der Waals surface area contributed by atoms with E-state index in [1.54, 1.807) is 0 Å². The number of aromatic amines is 1. The molecule has 0 aliphatic heterocycles. The van der Waals surface area contributed by atoms with Crippen LogP contribution in [0.4, 0.5) is 22.7 Å². The lowest BCUT2D eigenvalue weighted by Crippen LogP contribution is -2.25. The summed E-state index contributed by atoms with van der Waals surface area (Å²) in [4.78, 5) is 50.4. The summed E-state index contributed by atoms with van der Waals surface area (Å²) in [5.74, 6) is 0. The first-order chi connectivity index (χ1) is 10.3. The molecule has 0 amide bonds. The van der Waals surface area contributed by atoms with E-state index in [0.29, 0.717) is 0 Å². The van der Waals surface area contributed by atoms with Crippen molar-refractivity contribution in [2.75, 3.05) is 22.9 Å². The minimum Gasteiger partial charge on any atom is -0.444 e. The normalized spacial score (nSPS) is 11.3. The molecule has 0 aliphatic carbocycles. The van der Waals surface area contributed by atoms with E-state index in [1.165, 1.54) is 0 Å². The second kappa shape index (κ2) is 3.97. The number of rotatable bonds is 0. The topological polar surface area (TPSA) is 201 Å². The zero-order valence-corrected chi connectivity index (χ0v) is 10.9. The van der Waals surface area contributed by atoms with Gasteiger partial charge in [-0.25, -0.2) is 0 Å². The molecule has 0 radical (unpaired) electrons. The van der Waals surface area contributed by atoms with Crippen molar-refractivity contribution in [1.82, 2.24) is 4.98 Å². The Bertz CT molecular complexity index is 1010. The van der Waals surface area contributed by atoms with Crippen LogP contribution in [0.3, 0.4) is 0 Å². The molecule has 0 fully saturated rings. The monoisotopic (exact) mass is 303 g/mol. The highest BCUT2D eigenvalue weighted by molar-refractivity contribution is 5.91. The first-order valence-electron chi connectivity index (χ1n) is 5.88. The number of hydrogen-bond donors (Lipinski definition) is 5. The number of aromatic nitrogens is 1. The Balaban J connectivity index is 2.77. The van der Waals surface area contributed by atoms with Crippen molar-refractivity contribution in [2.24, 2.45) is 0 Å². The summed E-state index contributed by atoms with van der Waals surface area (Å²) in [6.45, 7) is 0. The average molecular weight is 303 g/mol. The van der Waals surface area contributed by atoms with Crippen molar-refractivity contribution < 1.29 is 4.42 Å². The fraction of sp³-hybridized carbons (Fsp3) is 0. The number of benzene rings is 2. The molecule has 0 aliphatic rings. The van der Waals surface area contributed by atoms with Gasteiger partial charge in [-0.1, -0.05) is 0 Å². The van der Waals surface area contributed by atoms with Gasteiger partial charge < -0.3 is 32.3 Å². The minimum atomic E-state index is -0.882. The summed E-state index contributed by atoms with van der Waals surface area (Å²) >= 11 is 0. The Kier molecular flexibility index (Phi) is 2.42. The standard InChI is InChI=1S/C12H9N5O5/c13-1-3(15)9(20)11-5(7(1)18)17-6-8(19)2(14)4(16)10(21)12(6)22-11/h17H,13-16H2. The molecule has 3 rings (SSSR count). The summed E-state index contributed by atoms with van der Waals surface area (Å²) < 4.78 is 5.11. The highest BCUT2D eigenvalue weighted by Crippen LogP contribution is 2.17. The van der Waals surface area contributed by atoms with Crippen LogP contribution in [0.15, 0.2) is 23.6 Å². The van der Waals surface area contributed by atoms with E-state index in [-0.39, 0.29) is 11.0 Å². The van der Waals surface area contributed by atoms with Crippen molar-refractivity contribution in [2.45, 2.75) is 0 Å². The Morgan fingerprint density at radius 3 is 1.27 bits per heavy atom. The largest absolute Gasteiger partial charge is 0.444 e. The molecule has 0 spiro atoms. The Morgan fingerprint density at radius 1 is 0.591 bits per heavy atom. The fourth-order valence-electron chi connectivity index (χ4n) is 2.09. The molecule has 1 aromatic heterocycles. The summed E-state index contributed by atoms with van der Waals surface area (Å²) in [7, 11) is 0. The van der Waals surface area contributed by atoms with Gasteiger partial charge in [0.05, 0.1) is 0 Å². The van der Waals surface area contributed by atoms with Gasteiger partial charge in [0.2, 0.25) is 32.9 Å². The lowest BCUT2D eigenvalue weighted by atomic mass is 10.2. The van der Waals surface area contributed by atoms with E-state index in [9.17, 15) is 19.2 Å². The molecule has 0 bridgehead atoms. The highest BCUT2D eigenvalue weighted by Gasteiger charge is 2.20. The molecule has 0 atom stereocenters. The Morgan fingerprint density at radius 2 is 0.909 bits per heavy atom. The van der Waals surface area contributed by atoms with Crippen LogP contribution >= 0.6 is 0 Å². The van der Waals surface area contributed by atoms with Crippen LogP contribution in [-0.2, 0) is 0 Å². The molecule has 0 saturated heterocycles. The number of H-pyrrole nitrogens is 1. The van der Waals surface area contributed by atoms with E-state index < -0.39 is 55.6 Å². The highest BCUT2D eigenvalue weighted by atomic mass is 16.3. The van der Waals surface area contributed by atoms with Crippen molar-refractivity contribution >= 4 is 44.9 Å². The third-order valence-electron chi connectivity index (χ3n) is 3.33. The lowest BCUT2D eigenvalue weighted by molar-refractivity contribution is 0.650. The van der Waals surface area contributed by atoms with E-state index >= 15 is 0 Å². The molecular weight excluding hydrogens is 294 g/mol. The maximum atomic E-state index is 12.0. The third kappa shape index (κ3) is 1.43. The summed E-state index contributed by atoms with van der Waals surface area (Å²) in [5, 5.41) is 0. The summed E-state index contributed by atoms with van der Waals surface area (Å²) in [6, 6.07) is 0. The van der Waals surface area contributed by atoms with Crippen molar-refractivity contribution in [1.29, 1.82) is 0 Å². The van der Waals surface area contributed by atoms with Gasteiger partial charge in [0.25, 0.3) is 0 Å². The average Bonchev–Trinajstić information content (AvgIpc) is 2.52. The van der Waals surface area contributed by atoms with Crippen molar-refractivity contribution in [3.8, 4) is 0 Å². The van der Waals surface area contributed by atoms with E-state index in [2.05, 4.69) is 4.98 Å². The van der Waals surface area contributed by atoms with Gasteiger partial charge in [-0.3, -0.25) is 19.2 Å². The molecule has 0 unspecified atom stereocenters. The van der Waals surface area contributed by atoms with Gasteiger partial charge >= 0.3 is 0 Å². The maximum absolute atomic E-state index is 12.0. The number of fused-ring (bicyclic) bond motifs is 2. The number of anilines is 4. The van der Waals surface area contributed by atoms with Gasteiger partial charge in [-0.15, -0.1) is 0 Å². The number of nitrogens with one attached hydrogen (secondary N) is 1. The fourth-order valence-corrected chi connectivity index (χ4v) is 2.09. The molecule has 1 heterocycles. The predicted molar refractivity (Wildman–Crippen MR) is 82.0 cm³/mol. The second-order valence-electron chi connectivity index (χ2n) is 4.61. The van der Waals surface area contributed by atoms with Crippen LogP contribution in [0.25, 0.3) is 22.2 Å². The lowest BCUT2D eigenvalue weighted by Gasteiger charge is -2.05. The van der Waals surface area contributed by atoms with E-state index in [1.807, 2.05) is 0 Å². The van der Waals surface area contributed by atoms with E-state index in [0.717, 1.165) is 0 Å². The van der Waals surface area contributed by atoms with Gasteiger partial charge in [-0.05, 0) is 0 Å². The third-order valence-corrected chi connectivity index (χ3v) is 3.33. The van der Waals surface area contributed by atoms with Crippen LogP contribution in [0.1, 0.15) is 0 Å². The van der Waals surface area contributed by atoms with Crippen LogP contribution in [0.5, 0.6) is 0 Å². The molecule has 22 heavy (non-hydrogen) atoms. The van der Waals surface area contributed by atoms with Gasteiger partial charge in [0, 0.05) is 0 Å². The predicted octanol–water partition coefficient (Wildman–Crippen LogP) is -1.88. The smallest absolute Gasteiger partial charge is 0.248 e. The maximum Gasteiger partial charge on any atom is 0.248 e. The zero-order chi connectivity index (χ0) is 16.3. The molecule has 2 aromatic carbocycles. The SMILES string of the molecule is Nc1c(N)c(=O)c2oc3c(=O)c(N)c(N)c(=O)c3[nH]c2c1=O. The van der Waals surface area contributed by atoms with E-state index in [4.69, 9.17) is 27.4 Å². The Hall–Kier alpha value is -3.56. The molecule has 0 saturated carbocycles.